The Balaban J connectivity index is 3.12. The number of aliphatic hydroxyl groups excluding tert-OH is 1. The van der Waals surface area contributed by atoms with E-state index in [9.17, 15) is 5.11 Å². The third-order valence-electron chi connectivity index (χ3n) is 1.85. The van der Waals surface area contributed by atoms with Gasteiger partial charge in [0.25, 0.3) is 0 Å². The van der Waals surface area contributed by atoms with Crippen molar-refractivity contribution in [2.75, 3.05) is 0 Å². The molecule has 0 aliphatic carbocycles. The molecule has 0 aromatic heterocycles. The van der Waals surface area contributed by atoms with E-state index in [1.165, 1.54) is 0 Å². The van der Waals surface area contributed by atoms with Gasteiger partial charge in [0, 0.05) is 15.6 Å². The average Bonchev–Trinajstić information content (AvgIpc) is 2.03. The summed E-state index contributed by atoms with van der Waals surface area (Å²) in [4.78, 5) is 0. The van der Waals surface area contributed by atoms with E-state index in [0.717, 1.165) is 0 Å². The molecule has 0 spiro atoms. The van der Waals surface area contributed by atoms with Gasteiger partial charge in [-0.15, -0.1) is 0 Å². The zero-order chi connectivity index (χ0) is 10.0. The minimum absolute atomic E-state index is 0.487. The van der Waals surface area contributed by atoms with Crippen molar-refractivity contribution < 1.29 is 5.11 Å². The number of hydrogen-bond donors (Lipinski definition) is 2. The predicted molar refractivity (Wildman–Crippen MR) is 55.1 cm³/mol. The highest BCUT2D eigenvalue weighted by molar-refractivity contribution is 6.36. The summed E-state index contributed by atoms with van der Waals surface area (Å²) in [5, 5.41) is 10.3. The van der Waals surface area contributed by atoms with Gasteiger partial charge in [0.05, 0.1) is 12.1 Å². The maximum atomic E-state index is 9.28. The number of aliphatic hydroxyl groups is 1. The van der Waals surface area contributed by atoms with Gasteiger partial charge in [-0.1, -0.05) is 29.3 Å². The summed E-state index contributed by atoms with van der Waals surface area (Å²) in [7, 11) is 0. The molecule has 1 aromatic rings. The van der Waals surface area contributed by atoms with Gasteiger partial charge in [0.15, 0.2) is 0 Å². The third kappa shape index (κ3) is 2.35. The first-order chi connectivity index (χ1) is 6.04. The summed E-state index contributed by atoms with van der Waals surface area (Å²) in [6, 6.07) is 4.60. The number of rotatable bonds is 2. The van der Waals surface area contributed by atoms with Gasteiger partial charge in [-0.2, -0.15) is 0 Å². The van der Waals surface area contributed by atoms with Crippen LogP contribution in [0.3, 0.4) is 0 Å². The number of benzene rings is 1. The van der Waals surface area contributed by atoms with Crippen LogP contribution in [0.4, 0.5) is 0 Å². The van der Waals surface area contributed by atoms with Gasteiger partial charge in [-0.3, -0.25) is 0 Å². The highest BCUT2D eigenvalue weighted by Crippen LogP contribution is 2.30. The van der Waals surface area contributed by atoms with Crippen LogP contribution >= 0.6 is 23.2 Å². The molecule has 0 saturated carbocycles. The molecule has 0 aliphatic heterocycles. The first-order valence-electron chi connectivity index (χ1n) is 3.91. The Labute approximate surface area is 87.3 Å². The van der Waals surface area contributed by atoms with Crippen molar-refractivity contribution in [3.8, 4) is 0 Å². The SMILES string of the molecule is C[C@H](O)[C@H](N)c1c(Cl)cccc1Cl. The van der Waals surface area contributed by atoms with Crippen LogP contribution in [0, 0.1) is 0 Å². The predicted octanol–water partition coefficient (Wildman–Crippen LogP) is 2.37. The lowest BCUT2D eigenvalue weighted by molar-refractivity contribution is 0.164. The third-order valence-corrected chi connectivity index (χ3v) is 2.51. The van der Waals surface area contributed by atoms with Crippen molar-refractivity contribution in [1.82, 2.24) is 0 Å². The molecule has 0 bridgehead atoms. The van der Waals surface area contributed by atoms with E-state index >= 15 is 0 Å². The largest absolute Gasteiger partial charge is 0.391 e. The van der Waals surface area contributed by atoms with Crippen molar-refractivity contribution in [1.29, 1.82) is 0 Å². The Kier molecular flexibility index (Phi) is 3.56. The van der Waals surface area contributed by atoms with E-state index in [1.807, 2.05) is 0 Å². The molecule has 0 amide bonds. The second-order valence-electron chi connectivity index (χ2n) is 2.90. The van der Waals surface area contributed by atoms with Crippen molar-refractivity contribution >= 4 is 23.2 Å². The lowest BCUT2D eigenvalue weighted by Gasteiger charge is -2.17. The molecule has 4 heteroatoms. The molecule has 1 aromatic carbocycles. The number of nitrogens with two attached hydrogens (primary N) is 1. The quantitative estimate of drug-likeness (QED) is 0.803. The lowest BCUT2D eigenvalue weighted by atomic mass is 10.0. The monoisotopic (exact) mass is 219 g/mol. The molecule has 2 atom stereocenters. The summed E-state index contributed by atoms with van der Waals surface area (Å²) in [6.45, 7) is 1.60. The molecule has 0 unspecified atom stereocenters. The molecule has 0 radical (unpaired) electrons. The molecule has 72 valence electrons. The summed E-state index contributed by atoms with van der Waals surface area (Å²) in [6.07, 6.45) is -0.669. The van der Waals surface area contributed by atoms with Crippen LogP contribution < -0.4 is 5.73 Å². The molecule has 0 fully saturated rings. The van der Waals surface area contributed by atoms with Crippen molar-refractivity contribution in [3.05, 3.63) is 33.8 Å². The van der Waals surface area contributed by atoms with E-state index in [0.29, 0.717) is 15.6 Å². The van der Waals surface area contributed by atoms with Crippen molar-refractivity contribution in [3.63, 3.8) is 0 Å². The lowest BCUT2D eigenvalue weighted by Crippen LogP contribution is -2.23. The van der Waals surface area contributed by atoms with E-state index in [4.69, 9.17) is 28.9 Å². The Hall–Kier alpha value is -0.280. The van der Waals surface area contributed by atoms with Gasteiger partial charge < -0.3 is 10.8 Å². The maximum absolute atomic E-state index is 9.28. The highest BCUT2D eigenvalue weighted by Gasteiger charge is 2.17. The van der Waals surface area contributed by atoms with Crippen LogP contribution in [0.25, 0.3) is 0 Å². The van der Waals surface area contributed by atoms with Gasteiger partial charge >= 0.3 is 0 Å². The summed E-state index contributed by atoms with van der Waals surface area (Å²) in [5.74, 6) is 0. The zero-order valence-corrected chi connectivity index (χ0v) is 8.68. The van der Waals surface area contributed by atoms with E-state index < -0.39 is 12.1 Å². The van der Waals surface area contributed by atoms with Gasteiger partial charge in [-0.25, -0.2) is 0 Å². The van der Waals surface area contributed by atoms with Gasteiger partial charge in [0.1, 0.15) is 0 Å². The Morgan fingerprint density at radius 1 is 1.31 bits per heavy atom. The molecule has 13 heavy (non-hydrogen) atoms. The van der Waals surface area contributed by atoms with E-state index in [-0.39, 0.29) is 0 Å². The molecule has 0 saturated heterocycles. The fraction of sp³-hybridized carbons (Fsp3) is 0.333. The first kappa shape index (κ1) is 10.8. The normalized spacial score (nSPS) is 15.5. The first-order valence-corrected chi connectivity index (χ1v) is 4.67. The summed E-state index contributed by atoms with van der Waals surface area (Å²) >= 11 is 11.8. The topological polar surface area (TPSA) is 46.2 Å². The highest BCUT2D eigenvalue weighted by atomic mass is 35.5. The minimum atomic E-state index is -0.669. The van der Waals surface area contributed by atoms with Crippen molar-refractivity contribution in [2.24, 2.45) is 5.73 Å². The Morgan fingerprint density at radius 2 is 1.77 bits per heavy atom. The molecule has 3 N–H and O–H groups in total. The molecular weight excluding hydrogens is 209 g/mol. The second-order valence-corrected chi connectivity index (χ2v) is 3.72. The van der Waals surface area contributed by atoms with Crippen LogP contribution in [0.15, 0.2) is 18.2 Å². The molecule has 2 nitrogen and oxygen atoms in total. The average molecular weight is 220 g/mol. The van der Waals surface area contributed by atoms with Gasteiger partial charge in [-0.05, 0) is 19.1 Å². The Bertz CT molecular complexity index is 281. The van der Waals surface area contributed by atoms with E-state index in [1.54, 1.807) is 25.1 Å². The molecular formula is C9H11Cl2NO. The minimum Gasteiger partial charge on any atom is -0.391 e. The smallest absolute Gasteiger partial charge is 0.0705 e. The Morgan fingerprint density at radius 3 is 2.15 bits per heavy atom. The fourth-order valence-corrected chi connectivity index (χ4v) is 1.72. The molecule has 0 aliphatic rings. The number of hydrogen-bond acceptors (Lipinski definition) is 2. The summed E-state index contributed by atoms with van der Waals surface area (Å²) in [5.41, 5.74) is 6.32. The van der Waals surface area contributed by atoms with Crippen LogP contribution in [-0.4, -0.2) is 11.2 Å². The maximum Gasteiger partial charge on any atom is 0.0705 e. The van der Waals surface area contributed by atoms with Crippen molar-refractivity contribution in [2.45, 2.75) is 19.1 Å². The van der Waals surface area contributed by atoms with Crippen LogP contribution in [0.2, 0.25) is 10.0 Å². The second kappa shape index (κ2) is 4.29. The fourth-order valence-electron chi connectivity index (χ4n) is 1.07. The van der Waals surface area contributed by atoms with Crippen LogP contribution in [0.5, 0.6) is 0 Å². The molecule has 1 rings (SSSR count). The van der Waals surface area contributed by atoms with Crippen LogP contribution in [-0.2, 0) is 0 Å². The van der Waals surface area contributed by atoms with E-state index in [2.05, 4.69) is 0 Å². The summed E-state index contributed by atoms with van der Waals surface area (Å²) < 4.78 is 0. The standard InChI is InChI=1S/C9H11Cl2NO/c1-5(13)9(12)8-6(10)3-2-4-7(8)11/h2-5,9,13H,12H2,1H3/t5-,9-/m0/s1. The van der Waals surface area contributed by atoms with Gasteiger partial charge in [0.2, 0.25) is 0 Å². The molecule has 0 heterocycles. The number of halogens is 2. The zero-order valence-electron chi connectivity index (χ0n) is 7.17. The van der Waals surface area contributed by atoms with Crippen LogP contribution in [0.1, 0.15) is 18.5 Å².